The fourth-order valence-electron chi connectivity index (χ4n) is 3.44. The van der Waals surface area contributed by atoms with Crippen molar-refractivity contribution in [2.75, 3.05) is 13.2 Å². The second kappa shape index (κ2) is 7.01. The molecule has 7 nitrogen and oxygen atoms in total. The molecule has 3 rings (SSSR count). The van der Waals surface area contributed by atoms with Crippen LogP contribution < -0.4 is 10.1 Å². The van der Waals surface area contributed by atoms with Gasteiger partial charge in [-0.2, -0.15) is 5.26 Å². The molecule has 1 unspecified atom stereocenters. The van der Waals surface area contributed by atoms with Crippen LogP contribution in [0.25, 0.3) is 0 Å². The Morgan fingerprint density at radius 3 is 2.59 bits per heavy atom. The van der Waals surface area contributed by atoms with E-state index >= 15 is 0 Å². The molecular weight excluding hydrogens is 346 g/mol. The number of nitriles is 1. The third-order valence-corrected chi connectivity index (χ3v) is 5.09. The van der Waals surface area contributed by atoms with Crippen LogP contribution in [0, 0.1) is 24.2 Å². The van der Waals surface area contributed by atoms with Crippen LogP contribution in [0.5, 0.6) is 5.88 Å². The molecule has 1 heterocycles. The molecular formula is C20H27N3O4. The summed E-state index contributed by atoms with van der Waals surface area (Å²) in [6.45, 7) is 7.78. The molecule has 1 saturated carbocycles. The minimum atomic E-state index is -0.551. The van der Waals surface area contributed by atoms with Gasteiger partial charge in [-0.1, -0.05) is 0 Å². The Hall–Kier alpha value is -2.33. The van der Waals surface area contributed by atoms with Crippen LogP contribution in [0.2, 0.25) is 0 Å². The van der Waals surface area contributed by atoms with E-state index < -0.39 is 17.2 Å². The maximum Gasteiger partial charge on any atom is 0.408 e. The molecule has 146 valence electrons. The van der Waals surface area contributed by atoms with Crippen LogP contribution in [0.3, 0.4) is 0 Å². The van der Waals surface area contributed by atoms with Crippen molar-refractivity contribution in [2.45, 2.75) is 64.5 Å². The number of carbonyl (C=O) groups is 1. The summed E-state index contributed by atoms with van der Waals surface area (Å²) in [7, 11) is 0. The van der Waals surface area contributed by atoms with Crippen LogP contribution in [0.4, 0.5) is 4.79 Å². The van der Waals surface area contributed by atoms with Gasteiger partial charge in [0.2, 0.25) is 5.88 Å². The molecule has 1 aromatic rings. The van der Waals surface area contributed by atoms with E-state index in [1.54, 1.807) is 0 Å². The summed E-state index contributed by atoms with van der Waals surface area (Å²) in [5, 5.41) is 21.8. The van der Waals surface area contributed by atoms with Crippen LogP contribution in [-0.4, -0.2) is 40.5 Å². The van der Waals surface area contributed by atoms with Crippen molar-refractivity contribution < 1.29 is 19.4 Å². The summed E-state index contributed by atoms with van der Waals surface area (Å²) in [5.74, 6) is 0.563. The summed E-state index contributed by atoms with van der Waals surface area (Å²) in [6, 6.07) is 2.15. The fraction of sp³-hybridized carbons (Fsp3) is 0.650. The quantitative estimate of drug-likeness (QED) is 0.821. The maximum atomic E-state index is 12.0. The van der Waals surface area contributed by atoms with Crippen molar-refractivity contribution in [1.29, 1.82) is 5.26 Å². The lowest BCUT2D eigenvalue weighted by atomic mass is 10.0. The van der Waals surface area contributed by atoms with Crippen LogP contribution in [0.1, 0.15) is 56.0 Å². The minimum Gasteiger partial charge on any atom is -0.475 e. The zero-order chi connectivity index (χ0) is 19.8. The number of nitrogens with one attached hydrogen (secondary N) is 1. The third-order valence-electron chi connectivity index (χ3n) is 5.09. The third kappa shape index (κ3) is 4.33. The molecule has 2 N–H and O–H groups in total. The highest BCUT2D eigenvalue weighted by Crippen LogP contribution is 2.38. The van der Waals surface area contributed by atoms with E-state index in [1.807, 2.05) is 27.7 Å². The number of hydrogen-bond donors (Lipinski definition) is 2. The number of aliphatic hydroxyl groups is 1. The molecule has 0 aromatic carbocycles. The number of fused-ring (bicyclic) bond motifs is 1. The second-order valence-electron chi connectivity index (χ2n) is 8.61. The molecule has 0 bridgehead atoms. The second-order valence-corrected chi connectivity index (χ2v) is 8.61. The molecule has 1 atom stereocenters. The van der Waals surface area contributed by atoms with Crippen molar-refractivity contribution in [1.82, 2.24) is 10.3 Å². The largest absolute Gasteiger partial charge is 0.475 e. The van der Waals surface area contributed by atoms with Crippen LogP contribution in [-0.2, 0) is 17.6 Å². The number of pyridine rings is 1. The number of ether oxygens (including phenoxy) is 2. The predicted octanol–water partition coefficient (Wildman–Crippen LogP) is 2.40. The number of alkyl carbamates (subject to hydrolysis) is 1. The van der Waals surface area contributed by atoms with Gasteiger partial charge < -0.3 is 19.9 Å². The van der Waals surface area contributed by atoms with Crippen LogP contribution in [0.15, 0.2) is 0 Å². The predicted molar refractivity (Wildman–Crippen MR) is 98.5 cm³/mol. The van der Waals surface area contributed by atoms with Gasteiger partial charge in [-0.15, -0.1) is 0 Å². The number of amides is 1. The molecule has 1 amide bonds. The van der Waals surface area contributed by atoms with Gasteiger partial charge in [-0.25, -0.2) is 9.78 Å². The van der Waals surface area contributed by atoms with E-state index in [0.717, 1.165) is 36.0 Å². The molecule has 0 spiro atoms. The molecule has 1 aromatic heterocycles. The summed E-state index contributed by atoms with van der Waals surface area (Å²) in [5.41, 5.74) is 2.27. The van der Waals surface area contributed by atoms with Crippen LogP contribution >= 0.6 is 0 Å². The lowest BCUT2D eigenvalue weighted by molar-refractivity contribution is 0.0476. The highest BCUT2D eigenvalue weighted by molar-refractivity contribution is 5.69. The van der Waals surface area contributed by atoms with E-state index in [-0.39, 0.29) is 19.1 Å². The Kier molecular flexibility index (Phi) is 5.04. The van der Waals surface area contributed by atoms with Gasteiger partial charge in [-0.3, -0.25) is 0 Å². The first-order valence-corrected chi connectivity index (χ1v) is 9.33. The van der Waals surface area contributed by atoms with Gasteiger partial charge in [0.1, 0.15) is 24.0 Å². The zero-order valence-electron chi connectivity index (χ0n) is 16.4. The molecule has 0 radical (unpaired) electrons. The molecule has 1 fully saturated rings. The van der Waals surface area contributed by atoms with Gasteiger partial charge in [-0.05, 0) is 70.4 Å². The molecule has 0 saturated heterocycles. The van der Waals surface area contributed by atoms with Gasteiger partial charge in [0.25, 0.3) is 0 Å². The molecule has 27 heavy (non-hydrogen) atoms. The van der Waals surface area contributed by atoms with E-state index in [2.05, 4.69) is 16.4 Å². The van der Waals surface area contributed by atoms with E-state index in [0.29, 0.717) is 18.0 Å². The Bertz CT molecular complexity index is 788. The number of hydrogen-bond acceptors (Lipinski definition) is 6. The van der Waals surface area contributed by atoms with E-state index in [1.165, 1.54) is 0 Å². The van der Waals surface area contributed by atoms with Crippen molar-refractivity contribution in [3.63, 3.8) is 0 Å². The highest BCUT2D eigenvalue weighted by atomic mass is 16.6. The fourth-order valence-corrected chi connectivity index (χ4v) is 3.44. The number of aliphatic hydroxyl groups excluding tert-OH is 1. The lowest BCUT2D eigenvalue weighted by Crippen LogP contribution is -2.44. The monoisotopic (exact) mass is 373 g/mol. The smallest absolute Gasteiger partial charge is 0.408 e. The Morgan fingerprint density at radius 1 is 1.37 bits per heavy atom. The van der Waals surface area contributed by atoms with E-state index in [4.69, 9.17) is 9.47 Å². The maximum absolute atomic E-state index is 12.0. The Balaban J connectivity index is 1.70. The normalized spacial score (nSPS) is 19.8. The van der Waals surface area contributed by atoms with Crippen molar-refractivity contribution >= 4 is 6.09 Å². The summed E-state index contributed by atoms with van der Waals surface area (Å²) in [4.78, 5) is 16.4. The lowest BCUT2D eigenvalue weighted by Gasteiger charge is -2.23. The molecule has 7 heteroatoms. The van der Waals surface area contributed by atoms with Crippen molar-refractivity contribution in [3.05, 3.63) is 22.4 Å². The zero-order valence-corrected chi connectivity index (χ0v) is 16.4. The average Bonchev–Trinajstić information content (AvgIpc) is 3.18. The number of rotatable bonds is 5. The molecule has 2 aliphatic rings. The number of aromatic nitrogens is 1. The average molecular weight is 373 g/mol. The number of nitrogens with zero attached hydrogens (tertiary/aromatic N) is 2. The summed E-state index contributed by atoms with van der Waals surface area (Å²) < 4.78 is 11.3. The van der Waals surface area contributed by atoms with Crippen molar-refractivity contribution in [2.24, 2.45) is 5.92 Å². The van der Waals surface area contributed by atoms with Gasteiger partial charge in [0, 0.05) is 12.2 Å². The van der Waals surface area contributed by atoms with Crippen molar-refractivity contribution in [3.8, 4) is 11.9 Å². The Labute approximate surface area is 159 Å². The van der Waals surface area contributed by atoms with E-state index in [9.17, 15) is 15.2 Å². The minimum absolute atomic E-state index is 0.0953. The summed E-state index contributed by atoms with van der Waals surface area (Å²) in [6.07, 6.45) is 2.58. The topological polar surface area (TPSA) is 104 Å². The van der Waals surface area contributed by atoms with Gasteiger partial charge in [0.05, 0.1) is 5.54 Å². The van der Waals surface area contributed by atoms with Gasteiger partial charge >= 0.3 is 6.09 Å². The number of carbonyl (C=O) groups excluding carboxylic acids is 1. The first-order chi connectivity index (χ1) is 12.7. The molecule has 0 aliphatic heterocycles. The Morgan fingerprint density at radius 2 is 2.04 bits per heavy atom. The summed E-state index contributed by atoms with van der Waals surface area (Å²) >= 11 is 0. The SMILES string of the molecule is Cc1c(OCC2(NC(=O)OC(C)(C)C)CC2)nc(C#N)c2c1CC(CO)C2. The standard InChI is InChI=1S/C20H27N3O4/c1-12-14-7-13(10-24)8-15(14)16(9-21)22-17(12)26-11-20(5-6-20)23-18(25)27-19(2,3)4/h13,24H,5-8,10-11H2,1-4H3,(H,23,25). The highest BCUT2D eigenvalue weighted by Gasteiger charge is 2.46. The molecule has 2 aliphatic carbocycles. The first kappa shape index (κ1) is 19.4. The van der Waals surface area contributed by atoms with Gasteiger partial charge in [0.15, 0.2) is 0 Å². The first-order valence-electron chi connectivity index (χ1n) is 9.33.